The van der Waals surface area contributed by atoms with Gasteiger partial charge >= 0.3 is 18.9 Å². The van der Waals surface area contributed by atoms with Gasteiger partial charge in [0.15, 0.2) is 0 Å². The zero-order valence-corrected chi connectivity index (χ0v) is 22.3. The fourth-order valence-electron chi connectivity index (χ4n) is 3.55. The van der Waals surface area contributed by atoms with Gasteiger partial charge in [-0.2, -0.15) is 0 Å². The number of benzene rings is 3. The molecule has 3 aromatic rings. The number of unbranched alkanes of at least 4 members (excludes halogenated alkanes) is 3. The van der Waals surface area contributed by atoms with Crippen molar-refractivity contribution >= 4 is 16.2 Å². The first-order valence-electron chi connectivity index (χ1n) is 12.2. The van der Waals surface area contributed by atoms with E-state index in [1.807, 2.05) is 78.9 Å². The summed E-state index contributed by atoms with van der Waals surface area (Å²) >= 11 is 0. The van der Waals surface area contributed by atoms with Gasteiger partial charge in [0.25, 0.3) is 0 Å². The Morgan fingerprint density at radius 2 is 1.00 bits per heavy atom. The molecule has 0 atom stereocenters. The smallest absolute Gasteiger partial charge is 0.748 e. The van der Waals surface area contributed by atoms with Gasteiger partial charge in [-0.15, -0.1) is 0 Å². The Hall–Kier alpha value is -2.69. The minimum atomic E-state index is -4.20. The van der Waals surface area contributed by atoms with Crippen LogP contribution in [-0.2, 0) is 10.1 Å². The third-order valence-corrected chi connectivity index (χ3v) is 6.33. The molecule has 0 N–H and O–H groups in total. The largest absolute Gasteiger partial charge is 1.00 e. The van der Waals surface area contributed by atoms with Crippen molar-refractivity contribution in [2.24, 2.45) is 0 Å². The van der Waals surface area contributed by atoms with E-state index in [9.17, 15) is 13.0 Å². The van der Waals surface area contributed by atoms with Gasteiger partial charge in [-0.1, -0.05) is 49.1 Å². The van der Waals surface area contributed by atoms with E-state index in [4.69, 9.17) is 14.2 Å². The van der Waals surface area contributed by atoms with Crippen LogP contribution >= 0.6 is 0 Å². The van der Waals surface area contributed by atoms with Crippen LogP contribution in [0.5, 0.6) is 17.2 Å². The normalized spacial score (nSPS) is 10.8. The molecule has 0 saturated carbocycles. The maximum absolute atomic E-state index is 10.6. The molecule has 0 bridgehead atoms. The van der Waals surface area contributed by atoms with Crippen LogP contribution in [0, 0.1) is 0 Å². The zero-order valence-electron chi connectivity index (χ0n) is 21.4. The van der Waals surface area contributed by atoms with E-state index in [0.717, 1.165) is 53.9 Å². The molecule has 0 aliphatic heterocycles. The van der Waals surface area contributed by atoms with Crippen LogP contribution in [0.25, 0.3) is 17.2 Å². The van der Waals surface area contributed by atoms with Gasteiger partial charge in [0.2, 0.25) is 0 Å². The summed E-state index contributed by atoms with van der Waals surface area (Å²) < 4.78 is 49.0. The molecule has 37 heavy (non-hydrogen) atoms. The Kier molecular flexibility index (Phi) is 13.4. The molecule has 0 heterocycles. The molecular formula is C29H33LiO6S. The van der Waals surface area contributed by atoms with Crippen molar-refractivity contribution in [1.29, 1.82) is 0 Å². The summed E-state index contributed by atoms with van der Waals surface area (Å²) in [7, 11) is -4.20. The maximum Gasteiger partial charge on any atom is 1.00 e. The quantitative estimate of drug-likeness (QED) is 0.165. The third kappa shape index (κ3) is 11.9. The fourth-order valence-corrected chi connectivity index (χ4v) is 4.02. The number of hydrogen-bond acceptors (Lipinski definition) is 6. The summed E-state index contributed by atoms with van der Waals surface area (Å²) in [5.41, 5.74) is 3.19. The molecule has 0 aliphatic carbocycles. The summed E-state index contributed by atoms with van der Waals surface area (Å²) in [6.07, 6.45) is 6.21. The van der Waals surface area contributed by atoms with Crippen LogP contribution in [0.4, 0.5) is 0 Å². The van der Waals surface area contributed by atoms with Gasteiger partial charge in [0, 0.05) is 5.75 Å². The number of ether oxygens (including phenoxy) is 3. The van der Waals surface area contributed by atoms with Crippen LogP contribution in [0.3, 0.4) is 0 Å². The molecule has 192 valence electrons. The standard InChI is InChI=1S/C29H34O6S.Li/c1-2-24-8-14-27(15-9-24)33-20-5-3-4-6-21-34-28-16-10-25(11-17-28)26-12-18-29(19-13-26)35-22-7-23-36(30,31)32;/h2,8-19H,1,3-7,20-23H2,(H,30,31,32);/q;+1/p-1. The Balaban J connectivity index is 0.00000481. The van der Waals surface area contributed by atoms with Gasteiger partial charge in [-0.05, 0) is 85.2 Å². The van der Waals surface area contributed by atoms with Crippen LogP contribution in [-0.4, -0.2) is 38.5 Å². The molecule has 0 aliphatic rings. The molecule has 3 aromatic carbocycles. The summed E-state index contributed by atoms with van der Waals surface area (Å²) in [6.45, 7) is 5.34. The summed E-state index contributed by atoms with van der Waals surface area (Å²) in [6, 6.07) is 23.4. The second-order valence-corrected chi connectivity index (χ2v) is 9.92. The Labute approximate surface area is 232 Å². The van der Waals surface area contributed by atoms with Crippen LogP contribution in [0.2, 0.25) is 0 Å². The van der Waals surface area contributed by atoms with Crippen molar-refractivity contribution < 1.29 is 46.0 Å². The van der Waals surface area contributed by atoms with Crippen molar-refractivity contribution in [1.82, 2.24) is 0 Å². The first-order chi connectivity index (χ1) is 17.4. The van der Waals surface area contributed by atoms with E-state index in [0.29, 0.717) is 19.0 Å². The zero-order chi connectivity index (χ0) is 25.6. The average molecular weight is 517 g/mol. The first kappa shape index (κ1) is 30.5. The Morgan fingerprint density at radius 1 is 0.622 bits per heavy atom. The van der Waals surface area contributed by atoms with Gasteiger partial charge < -0.3 is 18.8 Å². The van der Waals surface area contributed by atoms with E-state index < -0.39 is 15.9 Å². The first-order valence-corrected chi connectivity index (χ1v) is 13.8. The van der Waals surface area contributed by atoms with Crippen LogP contribution < -0.4 is 33.1 Å². The number of hydrogen-bond donors (Lipinski definition) is 0. The summed E-state index contributed by atoms with van der Waals surface area (Å²) in [4.78, 5) is 0. The molecule has 0 radical (unpaired) electrons. The molecule has 8 heteroatoms. The van der Waals surface area contributed by atoms with Crippen molar-refractivity contribution in [2.45, 2.75) is 32.1 Å². The predicted molar refractivity (Wildman–Crippen MR) is 143 cm³/mol. The molecular weight excluding hydrogens is 483 g/mol. The maximum atomic E-state index is 10.6. The minimum Gasteiger partial charge on any atom is -0.748 e. The van der Waals surface area contributed by atoms with E-state index in [-0.39, 0.29) is 31.9 Å². The van der Waals surface area contributed by atoms with Crippen molar-refractivity contribution in [2.75, 3.05) is 25.6 Å². The van der Waals surface area contributed by atoms with Crippen molar-refractivity contribution in [3.8, 4) is 28.4 Å². The summed E-state index contributed by atoms with van der Waals surface area (Å²) in [5.74, 6) is 1.96. The van der Waals surface area contributed by atoms with E-state index in [1.54, 1.807) is 0 Å². The molecule has 0 saturated heterocycles. The molecule has 6 nitrogen and oxygen atoms in total. The topological polar surface area (TPSA) is 84.9 Å². The Bertz CT molecular complexity index is 1160. The third-order valence-electron chi connectivity index (χ3n) is 5.54. The molecule has 0 unspecified atom stereocenters. The van der Waals surface area contributed by atoms with Gasteiger partial charge in [0.1, 0.15) is 17.2 Å². The van der Waals surface area contributed by atoms with Gasteiger partial charge in [0.05, 0.1) is 29.9 Å². The minimum absolute atomic E-state index is 0. The van der Waals surface area contributed by atoms with Gasteiger partial charge in [-0.25, -0.2) is 8.42 Å². The molecule has 0 amide bonds. The molecule has 0 aromatic heterocycles. The fraction of sp³-hybridized carbons (Fsp3) is 0.310. The van der Waals surface area contributed by atoms with Crippen LogP contribution in [0.15, 0.2) is 79.4 Å². The van der Waals surface area contributed by atoms with E-state index in [2.05, 4.69) is 6.58 Å². The average Bonchev–Trinajstić information content (AvgIpc) is 2.89. The molecule has 0 fully saturated rings. The monoisotopic (exact) mass is 516 g/mol. The van der Waals surface area contributed by atoms with Crippen molar-refractivity contribution in [3.05, 3.63) is 84.9 Å². The second kappa shape index (κ2) is 16.2. The van der Waals surface area contributed by atoms with E-state index in [1.165, 1.54) is 0 Å². The van der Waals surface area contributed by atoms with E-state index >= 15 is 0 Å². The second-order valence-electron chi connectivity index (χ2n) is 8.40. The summed E-state index contributed by atoms with van der Waals surface area (Å²) in [5, 5.41) is 0. The Morgan fingerprint density at radius 3 is 1.38 bits per heavy atom. The van der Waals surface area contributed by atoms with Crippen LogP contribution in [0.1, 0.15) is 37.7 Å². The van der Waals surface area contributed by atoms with Gasteiger partial charge in [-0.3, -0.25) is 0 Å². The predicted octanol–water partition coefficient (Wildman–Crippen LogP) is 3.33. The molecule has 0 spiro atoms. The van der Waals surface area contributed by atoms with Crippen molar-refractivity contribution in [3.63, 3.8) is 0 Å². The number of rotatable bonds is 16. The SMILES string of the molecule is C=Cc1ccc(OCCCCCCOc2ccc(-c3ccc(OCCCS(=O)(=O)[O-])cc3)cc2)cc1.[Li+]. The molecule has 3 rings (SSSR count).